The van der Waals surface area contributed by atoms with E-state index in [0.29, 0.717) is 23.5 Å². The van der Waals surface area contributed by atoms with Gasteiger partial charge in [-0.05, 0) is 24.3 Å². The van der Waals surface area contributed by atoms with Crippen molar-refractivity contribution in [1.29, 1.82) is 0 Å². The van der Waals surface area contributed by atoms with Crippen LogP contribution in [0.3, 0.4) is 0 Å². The molecule has 8 nitrogen and oxygen atoms in total. The molecule has 3 aromatic rings. The molecule has 0 atom stereocenters. The SMILES string of the molecule is Cc1cc(CNC(=O)c2ccccc2-c2nn[nH]n2)n(C)n1. The Bertz CT molecular complexity index is 791. The van der Waals surface area contributed by atoms with Gasteiger partial charge in [-0.15, -0.1) is 10.2 Å². The summed E-state index contributed by atoms with van der Waals surface area (Å²) in [6.45, 7) is 2.31. The molecule has 0 aliphatic carbocycles. The summed E-state index contributed by atoms with van der Waals surface area (Å²) in [5, 5.41) is 20.9. The highest BCUT2D eigenvalue weighted by Crippen LogP contribution is 2.18. The van der Waals surface area contributed by atoms with Crippen molar-refractivity contribution in [3.05, 3.63) is 47.3 Å². The van der Waals surface area contributed by atoms with E-state index in [1.165, 1.54) is 0 Å². The molecule has 2 heterocycles. The van der Waals surface area contributed by atoms with Gasteiger partial charge in [-0.25, -0.2) is 0 Å². The van der Waals surface area contributed by atoms with Crippen molar-refractivity contribution >= 4 is 5.91 Å². The maximum atomic E-state index is 12.4. The van der Waals surface area contributed by atoms with Gasteiger partial charge in [0.2, 0.25) is 5.82 Å². The lowest BCUT2D eigenvalue weighted by atomic mass is 10.1. The Balaban J connectivity index is 1.80. The number of amides is 1. The summed E-state index contributed by atoms with van der Waals surface area (Å²) in [6, 6.07) is 9.08. The molecule has 0 aliphatic rings. The standard InChI is InChI=1S/C14H15N7O/c1-9-7-10(21(2)18-9)8-15-14(22)12-6-4-3-5-11(12)13-16-19-20-17-13/h3-7H,8H2,1-2H3,(H,15,22)(H,16,17,19,20). The summed E-state index contributed by atoms with van der Waals surface area (Å²) < 4.78 is 1.75. The Labute approximate surface area is 126 Å². The van der Waals surface area contributed by atoms with Crippen LogP contribution < -0.4 is 5.32 Å². The first-order chi connectivity index (χ1) is 10.6. The van der Waals surface area contributed by atoms with Crippen molar-refractivity contribution in [3.8, 4) is 11.4 Å². The first-order valence-electron chi connectivity index (χ1n) is 6.75. The quantitative estimate of drug-likeness (QED) is 0.743. The third-order valence-electron chi connectivity index (χ3n) is 3.29. The maximum Gasteiger partial charge on any atom is 0.252 e. The van der Waals surface area contributed by atoms with E-state index in [0.717, 1.165) is 11.4 Å². The highest BCUT2D eigenvalue weighted by molar-refractivity contribution is 6.00. The predicted octanol–water partition coefficient (Wildman–Crippen LogP) is 0.839. The lowest BCUT2D eigenvalue weighted by Gasteiger charge is -2.08. The highest BCUT2D eigenvalue weighted by atomic mass is 16.1. The van der Waals surface area contributed by atoms with Crippen molar-refractivity contribution in [2.24, 2.45) is 7.05 Å². The van der Waals surface area contributed by atoms with Gasteiger partial charge in [0.25, 0.3) is 5.91 Å². The largest absolute Gasteiger partial charge is 0.346 e. The van der Waals surface area contributed by atoms with E-state index >= 15 is 0 Å². The van der Waals surface area contributed by atoms with E-state index < -0.39 is 0 Å². The molecule has 0 spiro atoms. The minimum atomic E-state index is -0.195. The van der Waals surface area contributed by atoms with Gasteiger partial charge < -0.3 is 5.32 Å². The molecule has 1 aromatic carbocycles. The molecular weight excluding hydrogens is 282 g/mol. The van der Waals surface area contributed by atoms with E-state index in [4.69, 9.17) is 0 Å². The normalized spacial score (nSPS) is 10.6. The van der Waals surface area contributed by atoms with Crippen molar-refractivity contribution in [2.45, 2.75) is 13.5 Å². The monoisotopic (exact) mass is 297 g/mol. The van der Waals surface area contributed by atoms with E-state index in [9.17, 15) is 4.79 Å². The summed E-state index contributed by atoms with van der Waals surface area (Å²) in [5.74, 6) is 0.196. The van der Waals surface area contributed by atoms with Gasteiger partial charge in [0, 0.05) is 12.6 Å². The molecule has 112 valence electrons. The van der Waals surface area contributed by atoms with Crippen LogP contribution in [-0.4, -0.2) is 36.3 Å². The number of nitrogens with zero attached hydrogens (tertiary/aromatic N) is 5. The third-order valence-corrected chi connectivity index (χ3v) is 3.29. The van der Waals surface area contributed by atoms with Crippen LogP contribution >= 0.6 is 0 Å². The number of tetrazole rings is 1. The molecule has 2 N–H and O–H groups in total. The van der Waals surface area contributed by atoms with Crippen molar-refractivity contribution in [3.63, 3.8) is 0 Å². The summed E-state index contributed by atoms with van der Waals surface area (Å²) >= 11 is 0. The second kappa shape index (κ2) is 5.76. The molecule has 22 heavy (non-hydrogen) atoms. The number of aromatic amines is 1. The zero-order valence-electron chi connectivity index (χ0n) is 12.2. The molecule has 0 saturated carbocycles. The van der Waals surface area contributed by atoms with Gasteiger partial charge >= 0.3 is 0 Å². The fourth-order valence-corrected chi connectivity index (χ4v) is 2.25. The molecule has 1 amide bonds. The Morgan fingerprint density at radius 2 is 2.18 bits per heavy atom. The number of aryl methyl sites for hydroxylation is 2. The molecule has 0 fully saturated rings. The summed E-state index contributed by atoms with van der Waals surface area (Å²) in [4.78, 5) is 12.4. The molecule has 0 saturated heterocycles. The van der Waals surface area contributed by atoms with E-state index in [1.807, 2.05) is 26.1 Å². The maximum absolute atomic E-state index is 12.4. The zero-order valence-corrected chi connectivity index (χ0v) is 12.2. The summed E-state index contributed by atoms with van der Waals surface area (Å²) in [5.41, 5.74) is 2.99. The van der Waals surface area contributed by atoms with E-state index in [-0.39, 0.29) is 5.91 Å². The average Bonchev–Trinajstić information content (AvgIpc) is 3.14. The number of H-pyrrole nitrogens is 1. The summed E-state index contributed by atoms with van der Waals surface area (Å²) in [6.07, 6.45) is 0. The molecule has 8 heteroatoms. The van der Waals surface area contributed by atoms with Gasteiger partial charge in [0.05, 0.1) is 23.5 Å². The smallest absolute Gasteiger partial charge is 0.252 e. The molecule has 0 radical (unpaired) electrons. The number of hydrogen-bond acceptors (Lipinski definition) is 5. The van der Waals surface area contributed by atoms with Crippen LogP contribution in [0.2, 0.25) is 0 Å². The molecule has 3 rings (SSSR count). The van der Waals surface area contributed by atoms with Crippen LogP contribution in [0.4, 0.5) is 0 Å². The lowest BCUT2D eigenvalue weighted by Crippen LogP contribution is -2.24. The van der Waals surface area contributed by atoms with Crippen LogP contribution in [0.5, 0.6) is 0 Å². The first kappa shape index (κ1) is 13.9. The Kier molecular flexibility index (Phi) is 3.65. The lowest BCUT2D eigenvalue weighted by molar-refractivity contribution is 0.0950. The van der Waals surface area contributed by atoms with Crippen molar-refractivity contribution < 1.29 is 4.79 Å². The second-order valence-corrected chi connectivity index (χ2v) is 4.86. The number of aromatic nitrogens is 6. The molecule has 2 aromatic heterocycles. The number of hydrogen-bond donors (Lipinski definition) is 2. The minimum absolute atomic E-state index is 0.195. The fraction of sp³-hybridized carbons (Fsp3) is 0.214. The Morgan fingerprint density at radius 3 is 2.86 bits per heavy atom. The molecular formula is C14H15N7O. The zero-order chi connectivity index (χ0) is 15.5. The van der Waals surface area contributed by atoms with Gasteiger partial charge in [0.1, 0.15) is 0 Å². The molecule has 0 unspecified atom stereocenters. The van der Waals surface area contributed by atoms with E-state index in [2.05, 4.69) is 31.0 Å². The number of carbonyl (C=O) groups is 1. The van der Waals surface area contributed by atoms with Crippen LogP contribution in [-0.2, 0) is 13.6 Å². The summed E-state index contributed by atoms with van der Waals surface area (Å²) in [7, 11) is 1.85. The Hall–Kier alpha value is -3.03. The third kappa shape index (κ3) is 2.71. The number of benzene rings is 1. The van der Waals surface area contributed by atoms with Crippen LogP contribution in [0.1, 0.15) is 21.7 Å². The number of nitrogens with one attached hydrogen (secondary N) is 2. The number of rotatable bonds is 4. The van der Waals surface area contributed by atoms with Crippen molar-refractivity contribution in [1.82, 2.24) is 35.7 Å². The van der Waals surface area contributed by atoms with Crippen LogP contribution in [0, 0.1) is 6.92 Å². The fourth-order valence-electron chi connectivity index (χ4n) is 2.25. The molecule has 0 aliphatic heterocycles. The average molecular weight is 297 g/mol. The van der Waals surface area contributed by atoms with Crippen LogP contribution in [0.25, 0.3) is 11.4 Å². The van der Waals surface area contributed by atoms with Gasteiger partial charge in [-0.3, -0.25) is 9.48 Å². The minimum Gasteiger partial charge on any atom is -0.346 e. The van der Waals surface area contributed by atoms with Crippen LogP contribution in [0.15, 0.2) is 30.3 Å². The highest BCUT2D eigenvalue weighted by Gasteiger charge is 2.15. The van der Waals surface area contributed by atoms with Crippen molar-refractivity contribution in [2.75, 3.05) is 0 Å². The van der Waals surface area contributed by atoms with Gasteiger partial charge in [-0.1, -0.05) is 18.2 Å². The van der Waals surface area contributed by atoms with E-state index in [1.54, 1.807) is 22.9 Å². The Morgan fingerprint density at radius 1 is 1.36 bits per heavy atom. The van der Waals surface area contributed by atoms with Gasteiger partial charge in [-0.2, -0.15) is 10.3 Å². The topological polar surface area (TPSA) is 101 Å². The number of carbonyl (C=O) groups excluding carboxylic acids is 1. The molecule has 0 bridgehead atoms. The predicted molar refractivity (Wildman–Crippen MR) is 78.7 cm³/mol. The first-order valence-corrected chi connectivity index (χ1v) is 6.75. The second-order valence-electron chi connectivity index (χ2n) is 4.86. The van der Waals surface area contributed by atoms with Gasteiger partial charge in [0.15, 0.2) is 0 Å².